The van der Waals surface area contributed by atoms with Gasteiger partial charge in [-0.3, -0.25) is 0 Å². The van der Waals surface area contributed by atoms with E-state index in [0.29, 0.717) is 3.63 Å². The van der Waals surface area contributed by atoms with Gasteiger partial charge in [0, 0.05) is 16.7 Å². The van der Waals surface area contributed by atoms with Gasteiger partial charge in [-0.1, -0.05) is 18.7 Å². The van der Waals surface area contributed by atoms with Gasteiger partial charge in [0.05, 0.1) is 20.6 Å². The maximum atomic E-state index is 5.22. The summed E-state index contributed by atoms with van der Waals surface area (Å²) >= 11 is 1.60. The first kappa shape index (κ1) is 22.8. The Bertz CT molecular complexity index is 1160. The van der Waals surface area contributed by atoms with Crippen molar-refractivity contribution in [2.24, 2.45) is 0 Å². The van der Waals surface area contributed by atoms with E-state index in [1.54, 1.807) is 35.5 Å². The van der Waals surface area contributed by atoms with Gasteiger partial charge in [0.1, 0.15) is 0 Å². The summed E-state index contributed by atoms with van der Waals surface area (Å²) in [6.07, 6.45) is 6.23. The van der Waals surface area contributed by atoms with Gasteiger partial charge in [0.25, 0.3) is 0 Å². The number of fused-ring (bicyclic) bond motifs is 3. The van der Waals surface area contributed by atoms with Crippen molar-refractivity contribution in [2.75, 3.05) is 0 Å². The molecule has 0 spiro atoms. The summed E-state index contributed by atoms with van der Waals surface area (Å²) in [4.78, 5) is 0. The van der Waals surface area contributed by atoms with Crippen LogP contribution >= 0.6 is 0 Å². The molecule has 2 unspecified atom stereocenters. The van der Waals surface area contributed by atoms with Crippen LogP contribution in [0.3, 0.4) is 0 Å². The molecular formula is C24H23Cl2OSiZr. The normalized spacial score (nSPS) is 21.8. The Morgan fingerprint density at radius 3 is 2.34 bits per heavy atom. The molecule has 2 aliphatic heterocycles. The molecule has 0 fully saturated rings. The van der Waals surface area contributed by atoms with Gasteiger partial charge in [0.15, 0.2) is 0 Å². The summed E-state index contributed by atoms with van der Waals surface area (Å²) < 4.78 is 5.90. The smallest absolute Gasteiger partial charge is 1.00 e. The first-order valence-electron chi connectivity index (χ1n) is 9.60. The molecule has 2 aromatic carbocycles. The van der Waals surface area contributed by atoms with E-state index in [1.165, 1.54) is 38.6 Å². The van der Waals surface area contributed by atoms with Gasteiger partial charge in [-0.2, -0.15) is 0 Å². The molecule has 0 amide bonds. The van der Waals surface area contributed by atoms with Gasteiger partial charge < -0.3 is 29.2 Å². The number of hydrogen-bond acceptors (Lipinski definition) is 1. The number of allylic oxidation sites excluding steroid dienone is 2. The van der Waals surface area contributed by atoms with Crippen LogP contribution in [0.4, 0.5) is 0 Å². The fourth-order valence-electron chi connectivity index (χ4n) is 5.46. The second kappa shape index (κ2) is 8.00. The first-order chi connectivity index (χ1) is 12.9. The molecule has 1 aromatic heterocycles. The second-order valence-electron chi connectivity index (χ2n) is 8.56. The fourth-order valence-corrected chi connectivity index (χ4v) is 10.6. The van der Waals surface area contributed by atoms with Crippen LogP contribution in [-0.2, 0) is 24.7 Å². The third-order valence-electron chi connectivity index (χ3n) is 6.61. The molecule has 5 heteroatoms. The van der Waals surface area contributed by atoms with Crippen LogP contribution in [0.25, 0.3) is 22.0 Å². The minimum absolute atomic E-state index is 0. The monoisotopic (exact) mass is 515 g/mol. The maximum absolute atomic E-state index is 5.22. The Balaban J connectivity index is 0.000000158. The fraction of sp³-hybridized carbons (Fsp3) is 0.250. The molecule has 2 aliphatic carbocycles. The Morgan fingerprint density at radius 2 is 1.66 bits per heavy atom. The molecule has 0 N–H and O–H groups in total. The van der Waals surface area contributed by atoms with E-state index in [4.69, 9.17) is 4.42 Å². The molecule has 0 saturated carbocycles. The van der Waals surface area contributed by atoms with Crippen LogP contribution < -0.4 is 24.8 Å². The van der Waals surface area contributed by atoms with E-state index in [0.717, 1.165) is 5.54 Å². The molecule has 0 radical (unpaired) electrons. The van der Waals surface area contributed by atoms with E-state index in [9.17, 15) is 0 Å². The molecule has 29 heavy (non-hydrogen) atoms. The SMILES string of the molecule is CC1=C2c3cocc3C1[Si]2(C)C.CC1=Cc2c(ccc3ccccc23)[CH]1[Zr+2].[Cl-].[Cl-]. The van der Waals surface area contributed by atoms with Crippen LogP contribution in [0, 0.1) is 0 Å². The molecular weight excluding hydrogens is 494 g/mol. The van der Waals surface area contributed by atoms with Crippen LogP contribution in [0.2, 0.25) is 13.1 Å². The molecule has 1 nitrogen and oxygen atoms in total. The average molecular weight is 518 g/mol. The number of benzene rings is 2. The minimum atomic E-state index is -1.04. The number of hydrogen-bond donors (Lipinski definition) is 0. The van der Waals surface area contributed by atoms with Crippen molar-refractivity contribution >= 4 is 30.1 Å². The van der Waals surface area contributed by atoms with Crippen LogP contribution in [-0.4, -0.2) is 8.07 Å². The maximum Gasteiger partial charge on any atom is -1.00 e. The predicted octanol–water partition coefficient (Wildman–Crippen LogP) is 0.803. The van der Waals surface area contributed by atoms with Crippen molar-refractivity contribution in [1.29, 1.82) is 0 Å². The third kappa shape index (κ3) is 3.21. The van der Waals surface area contributed by atoms with Gasteiger partial charge in [-0.05, 0) is 12.1 Å². The zero-order valence-corrected chi connectivity index (χ0v) is 22.0. The standard InChI is InChI=1S/C14H11.C10H12OSi.2ClH.Zr/c1-10-8-12-7-6-11-4-2-3-5-13(11)14(12)9-10;1-6-9-7-4-11-5-8(7)10(6)12(9,2)3;;;/h2-9H,1H3;4-5,9H,1-3H3;2*1H;/q;;;;+2/p-2. The Labute approximate surface area is 201 Å². The number of rotatable bonds is 0. The van der Waals surface area contributed by atoms with Crippen LogP contribution in [0.15, 0.2) is 64.5 Å². The molecule has 147 valence electrons. The average Bonchev–Trinajstić information content (AvgIpc) is 3.33. The molecule has 0 saturated heterocycles. The van der Waals surface area contributed by atoms with Crippen molar-refractivity contribution < 1.29 is 54.0 Å². The largest absolute Gasteiger partial charge is 1.00 e. The van der Waals surface area contributed by atoms with Crippen LogP contribution in [0.1, 0.15) is 45.3 Å². The second-order valence-corrected chi connectivity index (χ2v) is 14.5. The number of halogens is 2. The van der Waals surface area contributed by atoms with Crippen LogP contribution in [0.5, 0.6) is 0 Å². The van der Waals surface area contributed by atoms with Gasteiger partial charge in [-0.25, -0.2) is 0 Å². The Hall–Kier alpha value is -0.860. The van der Waals surface area contributed by atoms with E-state index >= 15 is 0 Å². The quantitative estimate of drug-likeness (QED) is 0.403. The van der Waals surface area contributed by atoms with Gasteiger partial charge >= 0.3 is 105 Å². The summed E-state index contributed by atoms with van der Waals surface area (Å²) in [5.41, 5.74) is 9.78. The topological polar surface area (TPSA) is 13.1 Å². The summed E-state index contributed by atoms with van der Waals surface area (Å²) in [5, 5.41) is 4.42. The first-order valence-corrected chi connectivity index (χ1v) is 14.1. The third-order valence-corrected chi connectivity index (χ3v) is 12.6. The van der Waals surface area contributed by atoms with Crippen molar-refractivity contribution in [2.45, 2.75) is 36.1 Å². The van der Waals surface area contributed by atoms with Crippen molar-refractivity contribution in [3.63, 3.8) is 0 Å². The molecule has 4 aliphatic rings. The van der Waals surface area contributed by atoms with Crippen molar-refractivity contribution in [3.8, 4) is 0 Å². The zero-order chi connectivity index (χ0) is 18.9. The Morgan fingerprint density at radius 1 is 0.931 bits per heavy atom. The summed E-state index contributed by atoms with van der Waals surface area (Å²) in [6.45, 7) is 9.44. The van der Waals surface area contributed by atoms with Crippen molar-refractivity contribution in [1.82, 2.24) is 0 Å². The number of furan rings is 1. The molecule has 2 atom stereocenters. The van der Waals surface area contributed by atoms with Crippen molar-refractivity contribution in [3.05, 3.63) is 82.3 Å². The minimum Gasteiger partial charge on any atom is -1.00 e. The molecule has 3 heterocycles. The van der Waals surface area contributed by atoms with E-state index in [-0.39, 0.29) is 24.8 Å². The molecule has 7 rings (SSSR count). The van der Waals surface area contributed by atoms with Gasteiger partial charge in [0.2, 0.25) is 0 Å². The zero-order valence-electron chi connectivity index (χ0n) is 17.0. The van der Waals surface area contributed by atoms with Gasteiger partial charge in [-0.15, -0.1) is 0 Å². The summed E-state index contributed by atoms with van der Waals surface area (Å²) in [6, 6.07) is 13.2. The van der Waals surface area contributed by atoms with E-state index in [2.05, 4.69) is 69.4 Å². The molecule has 3 aromatic rings. The Kier molecular flexibility index (Phi) is 6.30. The van der Waals surface area contributed by atoms with E-state index in [1.807, 2.05) is 12.5 Å². The predicted molar refractivity (Wildman–Crippen MR) is 112 cm³/mol. The van der Waals surface area contributed by atoms with E-state index < -0.39 is 8.07 Å². The summed E-state index contributed by atoms with van der Waals surface area (Å²) in [5.74, 6) is 0. The summed E-state index contributed by atoms with van der Waals surface area (Å²) in [7, 11) is -1.04. The molecule has 2 bridgehead atoms.